The van der Waals surface area contributed by atoms with Crippen molar-refractivity contribution in [1.82, 2.24) is 0 Å². The number of rotatable bonds is 1. The van der Waals surface area contributed by atoms with Crippen LogP contribution in [0.3, 0.4) is 0 Å². The first-order chi connectivity index (χ1) is 6.06. The van der Waals surface area contributed by atoms with Crippen molar-refractivity contribution >= 4 is 0 Å². The minimum atomic E-state index is 0. The van der Waals surface area contributed by atoms with Crippen LogP contribution in [-0.4, -0.2) is 0 Å². The third kappa shape index (κ3) is 10.8. The van der Waals surface area contributed by atoms with Crippen molar-refractivity contribution in [2.75, 3.05) is 0 Å². The Hall–Kier alpha value is 0.765. The van der Waals surface area contributed by atoms with E-state index in [1.165, 1.54) is 11.1 Å². The Balaban J connectivity index is 0. The molecule has 1 heteroatoms. The predicted octanol–water partition coefficient (Wildman–Crippen LogP) is 0.894. The normalized spacial score (nSPS) is 8.00. The standard InChI is InChI=1S/C8H9.C5H9.Rb/c1-7-4-3-5-8(2)6-7;1-4-5(2)3;/h3-4,6H,1-2H3;1-2,4H2,3H3;/q2*-1;+1. The van der Waals surface area contributed by atoms with Crippen molar-refractivity contribution in [1.29, 1.82) is 0 Å². The number of hydrogen-bond donors (Lipinski definition) is 0. The molecule has 0 saturated carbocycles. The molecule has 0 nitrogen and oxygen atoms in total. The summed E-state index contributed by atoms with van der Waals surface area (Å²) in [7, 11) is 0. The van der Waals surface area contributed by atoms with E-state index in [1.54, 1.807) is 0 Å². The van der Waals surface area contributed by atoms with Crippen LogP contribution in [0.15, 0.2) is 30.4 Å². The van der Waals surface area contributed by atoms with E-state index in [4.69, 9.17) is 0 Å². The Bertz CT molecular complexity index is 246. The second-order valence-corrected chi connectivity index (χ2v) is 3.26. The number of aryl methyl sites for hydroxylation is 2. The topological polar surface area (TPSA) is 0 Å². The van der Waals surface area contributed by atoms with Gasteiger partial charge in [-0.3, -0.25) is 0 Å². The van der Waals surface area contributed by atoms with Gasteiger partial charge in [-0.05, 0) is 6.92 Å². The monoisotopic (exact) mass is 259 g/mol. The average molecular weight is 260 g/mol. The van der Waals surface area contributed by atoms with Crippen molar-refractivity contribution in [2.24, 2.45) is 0 Å². The number of hydrogen-bond acceptors (Lipinski definition) is 0. The first-order valence-electron chi connectivity index (χ1n) is 4.45. The summed E-state index contributed by atoms with van der Waals surface area (Å²) >= 11 is 0. The van der Waals surface area contributed by atoms with Crippen LogP contribution in [0.4, 0.5) is 0 Å². The first-order valence-corrected chi connectivity index (χ1v) is 4.45. The summed E-state index contributed by atoms with van der Waals surface area (Å²) in [5.41, 5.74) is 3.66. The van der Waals surface area contributed by atoms with Gasteiger partial charge in [-0.25, -0.2) is 0 Å². The van der Waals surface area contributed by atoms with Gasteiger partial charge in [0.1, 0.15) is 0 Å². The summed E-state index contributed by atoms with van der Waals surface area (Å²) in [6.07, 6.45) is 0.861. The van der Waals surface area contributed by atoms with Gasteiger partial charge >= 0.3 is 58.2 Å². The quantitative estimate of drug-likeness (QED) is 0.519. The van der Waals surface area contributed by atoms with Crippen molar-refractivity contribution in [3.05, 3.63) is 54.5 Å². The maximum atomic E-state index is 3.61. The molecule has 0 amide bonds. The van der Waals surface area contributed by atoms with E-state index in [2.05, 4.69) is 32.6 Å². The van der Waals surface area contributed by atoms with Gasteiger partial charge in [0.15, 0.2) is 0 Å². The van der Waals surface area contributed by atoms with Crippen LogP contribution in [0.25, 0.3) is 0 Å². The second kappa shape index (κ2) is 10.3. The van der Waals surface area contributed by atoms with Gasteiger partial charge in [0.2, 0.25) is 0 Å². The van der Waals surface area contributed by atoms with E-state index in [1.807, 2.05) is 26.0 Å². The summed E-state index contributed by atoms with van der Waals surface area (Å²) in [5.74, 6) is 0. The van der Waals surface area contributed by atoms with Crippen molar-refractivity contribution in [3.8, 4) is 0 Å². The molecule has 0 aliphatic rings. The number of benzene rings is 1. The molecule has 0 aromatic heterocycles. The molecule has 0 unspecified atom stereocenters. The molecular formula is C13H18Rb-. The largest absolute Gasteiger partial charge is 1.00 e. The molecule has 0 radical (unpaired) electrons. The molecule has 0 spiro atoms. The molecule has 72 valence electrons. The molecule has 0 fully saturated rings. The van der Waals surface area contributed by atoms with E-state index >= 15 is 0 Å². The molecule has 0 bridgehead atoms. The van der Waals surface area contributed by atoms with Crippen LogP contribution in [0.2, 0.25) is 0 Å². The van der Waals surface area contributed by atoms with Crippen molar-refractivity contribution in [2.45, 2.75) is 27.2 Å². The summed E-state index contributed by atoms with van der Waals surface area (Å²) in [6.45, 7) is 13.3. The first kappa shape index (κ1) is 17.2. The summed E-state index contributed by atoms with van der Waals surface area (Å²) in [6, 6.07) is 9.18. The molecule has 14 heavy (non-hydrogen) atoms. The van der Waals surface area contributed by atoms with E-state index < -0.39 is 0 Å². The molecule has 0 aliphatic carbocycles. The summed E-state index contributed by atoms with van der Waals surface area (Å²) < 4.78 is 0. The zero-order valence-electron chi connectivity index (χ0n) is 9.85. The molecule has 0 aliphatic heterocycles. The molecule has 0 atom stereocenters. The molecule has 1 aromatic carbocycles. The minimum absolute atomic E-state index is 0. The fourth-order valence-electron chi connectivity index (χ4n) is 0.736. The predicted molar refractivity (Wildman–Crippen MR) is 59.5 cm³/mol. The Morgan fingerprint density at radius 1 is 1.50 bits per heavy atom. The Morgan fingerprint density at radius 2 is 2.00 bits per heavy atom. The zero-order chi connectivity index (χ0) is 10.3. The molecule has 1 aromatic rings. The van der Waals surface area contributed by atoms with Crippen molar-refractivity contribution < 1.29 is 58.2 Å². The average Bonchev–Trinajstić information content (AvgIpc) is 2.05. The van der Waals surface area contributed by atoms with Gasteiger partial charge in [-0.2, -0.15) is 41.8 Å². The smallest absolute Gasteiger partial charge is 0.339 e. The van der Waals surface area contributed by atoms with Gasteiger partial charge in [0, 0.05) is 0 Å². The second-order valence-electron chi connectivity index (χ2n) is 3.26. The fourth-order valence-corrected chi connectivity index (χ4v) is 0.736. The molecule has 0 N–H and O–H groups in total. The third-order valence-corrected chi connectivity index (χ3v) is 1.53. The Kier molecular flexibility index (Phi) is 12.6. The molecule has 0 saturated heterocycles. The van der Waals surface area contributed by atoms with Gasteiger partial charge in [-0.1, -0.05) is 13.8 Å². The van der Waals surface area contributed by atoms with Crippen LogP contribution >= 0.6 is 0 Å². The van der Waals surface area contributed by atoms with Crippen LogP contribution in [0, 0.1) is 26.8 Å². The molecule has 1 rings (SSSR count). The van der Waals surface area contributed by atoms with Crippen LogP contribution in [-0.2, 0) is 0 Å². The Morgan fingerprint density at radius 3 is 2.21 bits per heavy atom. The zero-order valence-corrected chi connectivity index (χ0v) is 14.8. The fraction of sp³-hybridized carbons (Fsp3) is 0.308. The number of allylic oxidation sites excluding steroid dienone is 1. The van der Waals surface area contributed by atoms with Gasteiger partial charge in [0.05, 0.1) is 0 Å². The maximum Gasteiger partial charge on any atom is 1.00 e. The third-order valence-electron chi connectivity index (χ3n) is 1.53. The molecular weight excluding hydrogens is 242 g/mol. The van der Waals surface area contributed by atoms with Crippen molar-refractivity contribution in [3.63, 3.8) is 0 Å². The van der Waals surface area contributed by atoms with Gasteiger partial charge < -0.3 is 6.92 Å². The Labute approximate surface area is 138 Å². The SMILES string of the molecule is C=C(C)C[CH2-].Cc1[c-]ccc(C)c1.[Rb+]. The van der Waals surface area contributed by atoms with Crippen LogP contribution in [0.1, 0.15) is 24.5 Å². The van der Waals surface area contributed by atoms with Crippen LogP contribution < -0.4 is 58.2 Å². The van der Waals surface area contributed by atoms with E-state index in [0.717, 1.165) is 12.0 Å². The van der Waals surface area contributed by atoms with E-state index in [-0.39, 0.29) is 58.2 Å². The summed E-state index contributed by atoms with van der Waals surface area (Å²) in [4.78, 5) is 0. The van der Waals surface area contributed by atoms with Crippen LogP contribution in [0.5, 0.6) is 0 Å². The minimum Gasteiger partial charge on any atom is -0.339 e. The molecule has 0 heterocycles. The van der Waals surface area contributed by atoms with Gasteiger partial charge in [0.25, 0.3) is 0 Å². The summed E-state index contributed by atoms with van der Waals surface area (Å²) in [5, 5.41) is 0. The van der Waals surface area contributed by atoms with E-state index in [9.17, 15) is 0 Å². The van der Waals surface area contributed by atoms with E-state index in [0.29, 0.717) is 0 Å². The van der Waals surface area contributed by atoms with Gasteiger partial charge in [-0.15, -0.1) is 12.2 Å². The maximum absolute atomic E-state index is 3.61.